The lowest BCUT2D eigenvalue weighted by Crippen LogP contribution is -2.35. The number of benzene rings is 1. The maximum absolute atomic E-state index is 2.65. The Labute approximate surface area is 111 Å². The van der Waals surface area contributed by atoms with Crippen molar-refractivity contribution in [2.45, 2.75) is 26.3 Å². The minimum Gasteiger partial charge on any atom is -0.306 e. The lowest BCUT2D eigenvalue weighted by Gasteiger charge is -2.31. The second kappa shape index (κ2) is 5.02. The van der Waals surface area contributed by atoms with Gasteiger partial charge in [-0.1, -0.05) is 23.8 Å². The van der Waals surface area contributed by atoms with Gasteiger partial charge >= 0.3 is 0 Å². The molecule has 3 rings (SSSR count). The number of nitrogens with zero attached hydrogens (tertiary/aromatic N) is 2. The standard InChI is InChI=1S/C16H24N2/c1-13-3-4-16-12-18(8-6-15(16)9-13)11-14-5-7-17(2)10-14/h3-4,9,14H,5-8,10-12H2,1-2H3. The molecule has 2 heteroatoms. The summed E-state index contributed by atoms with van der Waals surface area (Å²) >= 11 is 0. The second-order valence-corrected chi connectivity index (χ2v) is 6.17. The predicted molar refractivity (Wildman–Crippen MR) is 75.8 cm³/mol. The molecule has 0 aliphatic carbocycles. The Hall–Kier alpha value is -0.860. The molecule has 2 aliphatic heterocycles. The number of fused-ring (bicyclic) bond motifs is 1. The summed E-state index contributed by atoms with van der Waals surface area (Å²) in [6, 6.07) is 6.96. The van der Waals surface area contributed by atoms with Crippen LogP contribution in [-0.4, -0.2) is 43.0 Å². The van der Waals surface area contributed by atoms with E-state index >= 15 is 0 Å². The number of hydrogen-bond acceptors (Lipinski definition) is 2. The van der Waals surface area contributed by atoms with E-state index < -0.39 is 0 Å². The van der Waals surface area contributed by atoms with Crippen LogP contribution in [0.15, 0.2) is 18.2 Å². The van der Waals surface area contributed by atoms with Crippen LogP contribution in [0.4, 0.5) is 0 Å². The normalized spacial score (nSPS) is 25.3. The smallest absolute Gasteiger partial charge is 0.0236 e. The third kappa shape index (κ3) is 2.60. The highest BCUT2D eigenvalue weighted by atomic mass is 15.2. The summed E-state index contributed by atoms with van der Waals surface area (Å²) in [4.78, 5) is 5.12. The van der Waals surface area contributed by atoms with E-state index in [1.807, 2.05) is 0 Å². The first-order valence-electron chi connectivity index (χ1n) is 7.20. The van der Waals surface area contributed by atoms with E-state index in [1.165, 1.54) is 44.6 Å². The molecule has 2 aliphatic rings. The highest BCUT2D eigenvalue weighted by molar-refractivity contribution is 5.33. The third-order valence-corrected chi connectivity index (χ3v) is 4.46. The zero-order valence-corrected chi connectivity index (χ0v) is 11.7. The Balaban J connectivity index is 1.62. The van der Waals surface area contributed by atoms with Crippen LogP contribution in [0.25, 0.3) is 0 Å². The van der Waals surface area contributed by atoms with Gasteiger partial charge < -0.3 is 4.90 Å². The van der Waals surface area contributed by atoms with Gasteiger partial charge in [0.15, 0.2) is 0 Å². The average Bonchev–Trinajstić information content (AvgIpc) is 2.75. The van der Waals surface area contributed by atoms with Crippen LogP contribution in [0, 0.1) is 12.8 Å². The van der Waals surface area contributed by atoms with Crippen molar-refractivity contribution in [1.29, 1.82) is 0 Å². The summed E-state index contributed by atoms with van der Waals surface area (Å²) in [5, 5.41) is 0. The molecule has 1 aromatic rings. The van der Waals surface area contributed by atoms with Crippen molar-refractivity contribution in [1.82, 2.24) is 9.80 Å². The molecule has 0 aromatic heterocycles. The van der Waals surface area contributed by atoms with Gasteiger partial charge in [0.2, 0.25) is 0 Å². The van der Waals surface area contributed by atoms with Gasteiger partial charge in [0.25, 0.3) is 0 Å². The highest BCUT2D eigenvalue weighted by Crippen LogP contribution is 2.23. The van der Waals surface area contributed by atoms with E-state index in [2.05, 4.69) is 42.0 Å². The average molecular weight is 244 g/mol. The van der Waals surface area contributed by atoms with Gasteiger partial charge in [-0.2, -0.15) is 0 Å². The van der Waals surface area contributed by atoms with E-state index in [-0.39, 0.29) is 0 Å². The van der Waals surface area contributed by atoms with Gasteiger partial charge in [-0.15, -0.1) is 0 Å². The van der Waals surface area contributed by atoms with Crippen LogP contribution in [0.2, 0.25) is 0 Å². The third-order valence-electron chi connectivity index (χ3n) is 4.46. The second-order valence-electron chi connectivity index (χ2n) is 6.17. The minimum atomic E-state index is 0.891. The summed E-state index contributed by atoms with van der Waals surface area (Å²) in [7, 11) is 2.24. The summed E-state index contributed by atoms with van der Waals surface area (Å²) in [5.41, 5.74) is 4.53. The van der Waals surface area contributed by atoms with Crippen LogP contribution in [0.5, 0.6) is 0 Å². The molecule has 2 nitrogen and oxygen atoms in total. The van der Waals surface area contributed by atoms with Crippen LogP contribution in [-0.2, 0) is 13.0 Å². The molecule has 1 atom stereocenters. The Bertz CT molecular complexity index is 427. The van der Waals surface area contributed by atoms with Gasteiger partial charge in [0.1, 0.15) is 0 Å². The van der Waals surface area contributed by atoms with Gasteiger partial charge in [0.05, 0.1) is 0 Å². The monoisotopic (exact) mass is 244 g/mol. The largest absolute Gasteiger partial charge is 0.306 e. The van der Waals surface area contributed by atoms with E-state index in [1.54, 1.807) is 11.1 Å². The van der Waals surface area contributed by atoms with Gasteiger partial charge in [-0.05, 0) is 50.4 Å². The SMILES string of the molecule is Cc1ccc2c(c1)CCN(CC1CCN(C)C1)C2. The Morgan fingerprint density at radius 1 is 1.22 bits per heavy atom. The lowest BCUT2D eigenvalue weighted by molar-refractivity contribution is 0.214. The molecular weight excluding hydrogens is 220 g/mol. The van der Waals surface area contributed by atoms with E-state index in [4.69, 9.17) is 0 Å². The van der Waals surface area contributed by atoms with Crippen LogP contribution in [0.1, 0.15) is 23.1 Å². The van der Waals surface area contributed by atoms with Gasteiger partial charge in [-0.3, -0.25) is 4.90 Å². The fraction of sp³-hybridized carbons (Fsp3) is 0.625. The fourth-order valence-corrected chi connectivity index (χ4v) is 3.44. The van der Waals surface area contributed by atoms with Crippen molar-refractivity contribution >= 4 is 0 Å². The molecule has 18 heavy (non-hydrogen) atoms. The molecule has 0 spiro atoms. The molecule has 2 heterocycles. The summed E-state index contributed by atoms with van der Waals surface area (Å²) in [6.45, 7) is 8.47. The van der Waals surface area contributed by atoms with Gasteiger partial charge in [0, 0.05) is 26.2 Å². The molecule has 1 saturated heterocycles. The molecule has 0 bridgehead atoms. The highest BCUT2D eigenvalue weighted by Gasteiger charge is 2.24. The van der Waals surface area contributed by atoms with E-state index in [0.717, 1.165) is 12.5 Å². The molecule has 98 valence electrons. The molecule has 1 unspecified atom stereocenters. The summed E-state index contributed by atoms with van der Waals surface area (Å²) in [6.07, 6.45) is 2.62. The quantitative estimate of drug-likeness (QED) is 0.787. The van der Waals surface area contributed by atoms with Crippen molar-refractivity contribution in [3.8, 4) is 0 Å². The molecule has 0 saturated carbocycles. The van der Waals surface area contributed by atoms with E-state index in [0.29, 0.717) is 0 Å². The van der Waals surface area contributed by atoms with Gasteiger partial charge in [-0.25, -0.2) is 0 Å². The zero-order valence-electron chi connectivity index (χ0n) is 11.7. The van der Waals surface area contributed by atoms with Crippen molar-refractivity contribution in [3.63, 3.8) is 0 Å². The first-order valence-corrected chi connectivity index (χ1v) is 7.20. The van der Waals surface area contributed by atoms with Crippen molar-refractivity contribution in [2.24, 2.45) is 5.92 Å². The number of likely N-dealkylation sites (tertiary alicyclic amines) is 1. The zero-order chi connectivity index (χ0) is 12.5. The predicted octanol–water partition coefficient (Wildman–Crippen LogP) is 2.30. The molecule has 0 amide bonds. The molecule has 0 N–H and O–H groups in total. The first-order chi connectivity index (χ1) is 8.70. The molecule has 0 radical (unpaired) electrons. The maximum atomic E-state index is 2.65. The first kappa shape index (κ1) is 12.2. The summed E-state index contributed by atoms with van der Waals surface area (Å²) in [5.74, 6) is 0.891. The lowest BCUT2D eigenvalue weighted by atomic mass is 9.96. The number of rotatable bonds is 2. The van der Waals surface area contributed by atoms with Crippen LogP contribution >= 0.6 is 0 Å². The van der Waals surface area contributed by atoms with Crippen molar-refractivity contribution < 1.29 is 0 Å². The molecule has 1 fully saturated rings. The van der Waals surface area contributed by atoms with Crippen molar-refractivity contribution in [2.75, 3.05) is 33.2 Å². The maximum Gasteiger partial charge on any atom is 0.0236 e. The number of aryl methyl sites for hydroxylation is 1. The van der Waals surface area contributed by atoms with Crippen LogP contribution in [0.3, 0.4) is 0 Å². The Morgan fingerprint density at radius 2 is 2.11 bits per heavy atom. The topological polar surface area (TPSA) is 6.48 Å². The molecular formula is C16H24N2. The van der Waals surface area contributed by atoms with E-state index in [9.17, 15) is 0 Å². The Morgan fingerprint density at radius 3 is 2.89 bits per heavy atom. The van der Waals surface area contributed by atoms with Crippen LogP contribution < -0.4 is 0 Å². The fourth-order valence-electron chi connectivity index (χ4n) is 3.44. The van der Waals surface area contributed by atoms with Crippen molar-refractivity contribution in [3.05, 3.63) is 34.9 Å². The molecule has 1 aromatic carbocycles. The Kier molecular flexibility index (Phi) is 3.40. The number of hydrogen-bond donors (Lipinski definition) is 0. The minimum absolute atomic E-state index is 0.891. The summed E-state index contributed by atoms with van der Waals surface area (Å²) < 4.78 is 0.